The van der Waals surface area contributed by atoms with Crippen LogP contribution in [0.1, 0.15) is 26.7 Å². The van der Waals surface area contributed by atoms with E-state index in [1.807, 2.05) is 0 Å². The van der Waals surface area contributed by atoms with Crippen LogP contribution in [0.25, 0.3) is 0 Å². The highest BCUT2D eigenvalue weighted by molar-refractivity contribution is 5.01. The van der Waals surface area contributed by atoms with Crippen molar-refractivity contribution >= 4 is 0 Å². The Morgan fingerprint density at radius 2 is 2.30 bits per heavy atom. The molecule has 10 heavy (non-hydrogen) atoms. The summed E-state index contributed by atoms with van der Waals surface area (Å²) in [6.07, 6.45) is 7.27. The maximum atomic E-state index is 5.11. The quantitative estimate of drug-likeness (QED) is 0.458. The van der Waals surface area contributed by atoms with Crippen molar-refractivity contribution in [3.8, 4) is 12.3 Å². The first-order valence-corrected chi connectivity index (χ1v) is 3.83. The van der Waals surface area contributed by atoms with Crippen LogP contribution < -0.4 is 5.32 Å². The van der Waals surface area contributed by atoms with Crippen LogP contribution in [0, 0.1) is 17.8 Å². The van der Waals surface area contributed by atoms with E-state index in [2.05, 4.69) is 25.1 Å². The van der Waals surface area contributed by atoms with Gasteiger partial charge >= 0.3 is 0 Å². The predicted octanol–water partition coefficient (Wildman–Crippen LogP) is 1.40. The Morgan fingerprint density at radius 1 is 1.70 bits per heavy atom. The van der Waals surface area contributed by atoms with Gasteiger partial charge in [0.15, 0.2) is 0 Å². The van der Waals surface area contributed by atoms with E-state index in [0.717, 1.165) is 19.0 Å². The molecule has 1 fully saturated rings. The van der Waals surface area contributed by atoms with E-state index in [-0.39, 0.29) is 0 Å². The summed E-state index contributed by atoms with van der Waals surface area (Å²) in [5.74, 6) is 2.62. The number of rotatable bonds is 3. The van der Waals surface area contributed by atoms with Crippen molar-refractivity contribution in [1.82, 2.24) is 5.32 Å². The van der Waals surface area contributed by atoms with Gasteiger partial charge < -0.3 is 5.32 Å². The highest BCUT2D eigenvalue weighted by Crippen LogP contribution is 2.44. The topological polar surface area (TPSA) is 12.0 Å². The lowest BCUT2D eigenvalue weighted by molar-refractivity contribution is 0.547. The fourth-order valence-corrected chi connectivity index (χ4v) is 1.13. The molecule has 1 nitrogen and oxygen atoms in total. The van der Waals surface area contributed by atoms with E-state index in [1.54, 1.807) is 0 Å². The Hall–Kier alpha value is -0.480. The summed E-state index contributed by atoms with van der Waals surface area (Å²) in [6.45, 7) is 5.53. The molecule has 0 saturated heterocycles. The Morgan fingerprint density at radius 3 is 2.70 bits per heavy atom. The third kappa shape index (κ3) is 1.75. The highest BCUT2D eigenvalue weighted by atomic mass is 15.0. The molecule has 1 saturated carbocycles. The van der Waals surface area contributed by atoms with Crippen LogP contribution in [0.4, 0.5) is 0 Å². The smallest absolute Gasteiger partial charge is 0.0212 e. The molecule has 0 aromatic rings. The molecule has 0 radical (unpaired) electrons. The van der Waals surface area contributed by atoms with E-state index in [1.165, 1.54) is 6.42 Å². The highest BCUT2D eigenvalue weighted by Gasteiger charge is 2.44. The molecule has 0 bridgehead atoms. The van der Waals surface area contributed by atoms with Crippen molar-refractivity contribution in [2.45, 2.75) is 32.7 Å². The summed E-state index contributed by atoms with van der Waals surface area (Å²) >= 11 is 0. The summed E-state index contributed by atoms with van der Waals surface area (Å²) in [4.78, 5) is 0. The first-order valence-electron chi connectivity index (χ1n) is 3.83. The summed E-state index contributed by atoms with van der Waals surface area (Å²) in [7, 11) is 0. The van der Waals surface area contributed by atoms with Crippen molar-refractivity contribution in [3.05, 3.63) is 0 Å². The molecule has 0 aromatic carbocycles. The number of terminal acetylenes is 1. The van der Waals surface area contributed by atoms with Gasteiger partial charge in [0.05, 0.1) is 0 Å². The van der Waals surface area contributed by atoms with E-state index in [4.69, 9.17) is 6.42 Å². The summed E-state index contributed by atoms with van der Waals surface area (Å²) < 4.78 is 0. The Labute approximate surface area is 63.2 Å². The number of hydrogen-bond acceptors (Lipinski definition) is 1. The summed E-state index contributed by atoms with van der Waals surface area (Å²) in [5, 5.41) is 3.41. The zero-order valence-corrected chi connectivity index (χ0v) is 6.78. The molecular formula is C9H15N. The van der Waals surface area contributed by atoms with Crippen LogP contribution in [0.5, 0.6) is 0 Å². The standard InChI is InChI=1S/C9H15N/c1-4-5-6-10-8-7-9(8,2)3/h1,8,10H,5-7H2,2-3H3. The first kappa shape index (κ1) is 7.63. The van der Waals surface area contributed by atoms with E-state index < -0.39 is 0 Å². The molecule has 1 aliphatic rings. The van der Waals surface area contributed by atoms with Gasteiger partial charge in [-0.3, -0.25) is 0 Å². The maximum absolute atomic E-state index is 5.11. The predicted molar refractivity (Wildman–Crippen MR) is 43.6 cm³/mol. The molecule has 0 spiro atoms. The molecule has 0 amide bonds. The van der Waals surface area contributed by atoms with Gasteiger partial charge in [0.1, 0.15) is 0 Å². The van der Waals surface area contributed by atoms with Crippen LogP contribution in [0.2, 0.25) is 0 Å². The van der Waals surface area contributed by atoms with Gasteiger partial charge in [-0.2, -0.15) is 0 Å². The van der Waals surface area contributed by atoms with Gasteiger partial charge in [-0.25, -0.2) is 0 Å². The van der Waals surface area contributed by atoms with Gasteiger partial charge in [0.25, 0.3) is 0 Å². The van der Waals surface area contributed by atoms with E-state index >= 15 is 0 Å². The molecule has 0 aromatic heterocycles. The van der Waals surface area contributed by atoms with Crippen molar-refractivity contribution in [2.24, 2.45) is 5.41 Å². The molecule has 56 valence electrons. The lowest BCUT2D eigenvalue weighted by Gasteiger charge is -2.02. The van der Waals surface area contributed by atoms with E-state index in [0.29, 0.717) is 5.41 Å². The molecule has 1 atom stereocenters. The molecule has 1 unspecified atom stereocenters. The van der Waals surface area contributed by atoms with Crippen molar-refractivity contribution in [2.75, 3.05) is 6.54 Å². The summed E-state index contributed by atoms with van der Waals surface area (Å²) in [5.41, 5.74) is 0.536. The van der Waals surface area contributed by atoms with Crippen LogP contribution in [0.3, 0.4) is 0 Å². The Bertz CT molecular complexity index is 153. The largest absolute Gasteiger partial charge is 0.312 e. The Balaban J connectivity index is 2.03. The minimum Gasteiger partial charge on any atom is -0.312 e. The zero-order chi connectivity index (χ0) is 7.61. The first-order chi connectivity index (χ1) is 4.67. The second kappa shape index (κ2) is 2.64. The zero-order valence-electron chi connectivity index (χ0n) is 6.78. The van der Waals surface area contributed by atoms with Crippen LogP contribution in [0.15, 0.2) is 0 Å². The maximum Gasteiger partial charge on any atom is 0.0212 e. The molecule has 0 aliphatic heterocycles. The van der Waals surface area contributed by atoms with Crippen molar-refractivity contribution in [1.29, 1.82) is 0 Å². The Kier molecular flexibility index (Phi) is 2.01. The lowest BCUT2D eigenvalue weighted by atomic mass is 10.2. The SMILES string of the molecule is C#CCCNC1CC1(C)C. The monoisotopic (exact) mass is 137 g/mol. The molecule has 1 aliphatic carbocycles. The van der Waals surface area contributed by atoms with E-state index in [9.17, 15) is 0 Å². The third-order valence-corrected chi connectivity index (χ3v) is 2.17. The minimum atomic E-state index is 0.536. The normalized spacial score (nSPS) is 27.5. The van der Waals surface area contributed by atoms with Gasteiger partial charge in [-0.1, -0.05) is 13.8 Å². The average molecular weight is 137 g/mol. The van der Waals surface area contributed by atoms with Gasteiger partial charge in [-0.15, -0.1) is 12.3 Å². The second-order valence-corrected chi connectivity index (χ2v) is 3.65. The van der Waals surface area contributed by atoms with Crippen LogP contribution >= 0.6 is 0 Å². The van der Waals surface area contributed by atoms with Gasteiger partial charge in [0, 0.05) is 19.0 Å². The average Bonchev–Trinajstić information content (AvgIpc) is 2.41. The van der Waals surface area contributed by atoms with Crippen molar-refractivity contribution < 1.29 is 0 Å². The fourth-order valence-electron chi connectivity index (χ4n) is 1.13. The molecule has 1 rings (SSSR count). The van der Waals surface area contributed by atoms with Gasteiger partial charge in [0.2, 0.25) is 0 Å². The number of nitrogens with one attached hydrogen (secondary N) is 1. The van der Waals surface area contributed by atoms with Crippen molar-refractivity contribution in [3.63, 3.8) is 0 Å². The molecular weight excluding hydrogens is 122 g/mol. The van der Waals surface area contributed by atoms with Crippen LogP contribution in [-0.4, -0.2) is 12.6 Å². The molecule has 1 heteroatoms. The minimum absolute atomic E-state index is 0.536. The summed E-state index contributed by atoms with van der Waals surface area (Å²) in [6, 6.07) is 0.723. The fraction of sp³-hybridized carbons (Fsp3) is 0.778. The third-order valence-electron chi connectivity index (χ3n) is 2.17. The molecule has 1 N–H and O–H groups in total. The number of hydrogen-bond donors (Lipinski definition) is 1. The molecule has 0 heterocycles. The lowest BCUT2D eigenvalue weighted by Crippen LogP contribution is -2.21. The van der Waals surface area contributed by atoms with Gasteiger partial charge in [-0.05, 0) is 11.8 Å². The second-order valence-electron chi connectivity index (χ2n) is 3.65. The van der Waals surface area contributed by atoms with Crippen LogP contribution in [-0.2, 0) is 0 Å².